The van der Waals surface area contributed by atoms with Crippen LogP contribution < -0.4 is 14.8 Å². The lowest BCUT2D eigenvalue weighted by Gasteiger charge is -2.34. The highest BCUT2D eigenvalue weighted by molar-refractivity contribution is 5.97. The van der Waals surface area contributed by atoms with E-state index in [1.165, 1.54) is 36.9 Å². The summed E-state index contributed by atoms with van der Waals surface area (Å²) in [6.45, 7) is 8.69. The van der Waals surface area contributed by atoms with Gasteiger partial charge >= 0.3 is 0 Å². The summed E-state index contributed by atoms with van der Waals surface area (Å²) < 4.78 is 10.6. The van der Waals surface area contributed by atoms with Crippen LogP contribution in [-0.2, 0) is 6.54 Å². The third-order valence-electron chi connectivity index (χ3n) is 7.81. The number of nitrogens with one attached hydrogen (secondary N) is 1. The molecule has 2 atom stereocenters. The fourth-order valence-electron chi connectivity index (χ4n) is 5.71. The van der Waals surface area contributed by atoms with Crippen molar-refractivity contribution < 1.29 is 14.3 Å². The van der Waals surface area contributed by atoms with Crippen molar-refractivity contribution in [2.24, 2.45) is 5.92 Å². The Morgan fingerprint density at radius 3 is 2.42 bits per heavy atom. The molecule has 0 aliphatic carbocycles. The van der Waals surface area contributed by atoms with E-state index in [-0.39, 0.29) is 5.91 Å². The van der Waals surface area contributed by atoms with E-state index in [9.17, 15) is 4.79 Å². The zero-order valence-corrected chi connectivity index (χ0v) is 23.3. The molecule has 1 saturated heterocycles. The first-order valence-corrected chi connectivity index (χ1v) is 13.8. The number of likely N-dealkylation sites (tertiary alicyclic amines) is 1. The Morgan fingerprint density at radius 2 is 1.71 bits per heavy atom. The molecule has 0 radical (unpaired) electrons. The Kier molecular flexibility index (Phi) is 9.83. The van der Waals surface area contributed by atoms with Crippen LogP contribution in [0.25, 0.3) is 0 Å². The number of hydrogen-bond donors (Lipinski definition) is 1. The summed E-state index contributed by atoms with van der Waals surface area (Å²) in [4.78, 5) is 15.5. The molecule has 0 spiro atoms. The standard InChI is InChI=1S/C33H42N2O3/c1-24(19-25(2)27-10-6-5-7-11-27)23-35-17-15-28(16-18-35)29-12-8-9-26(20-29)22-34-33(36)31-14-13-30(37-3)21-32(31)38-4/h5-14,20-21,24-25,28H,15-19,22-23H2,1-4H3,(H,34,36). The lowest BCUT2D eigenvalue weighted by molar-refractivity contribution is 0.0948. The van der Waals surface area contributed by atoms with Gasteiger partial charge in [0.25, 0.3) is 5.91 Å². The van der Waals surface area contributed by atoms with E-state index in [1.807, 2.05) is 0 Å². The van der Waals surface area contributed by atoms with E-state index in [0.717, 1.165) is 18.7 Å². The Labute approximate surface area is 228 Å². The topological polar surface area (TPSA) is 50.8 Å². The lowest BCUT2D eigenvalue weighted by atomic mass is 9.87. The molecule has 3 aromatic carbocycles. The van der Waals surface area contributed by atoms with Gasteiger partial charge in [0.2, 0.25) is 0 Å². The number of benzene rings is 3. The molecule has 0 bridgehead atoms. The maximum Gasteiger partial charge on any atom is 0.255 e. The average Bonchev–Trinajstić information content (AvgIpc) is 2.96. The molecule has 0 aromatic heterocycles. The highest BCUT2D eigenvalue weighted by Gasteiger charge is 2.23. The van der Waals surface area contributed by atoms with E-state index in [1.54, 1.807) is 32.4 Å². The van der Waals surface area contributed by atoms with Crippen LogP contribution in [0.3, 0.4) is 0 Å². The van der Waals surface area contributed by atoms with Crippen LogP contribution in [0.1, 0.15) is 72.0 Å². The van der Waals surface area contributed by atoms with Gasteiger partial charge in [-0.3, -0.25) is 4.79 Å². The monoisotopic (exact) mass is 514 g/mol. The van der Waals surface area contributed by atoms with Crippen molar-refractivity contribution in [3.05, 3.63) is 95.1 Å². The van der Waals surface area contributed by atoms with Crippen molar-refractivity contribution in [2.45, 2.75) is 51.5 Å². The highest BCUT2D eigenvalue weighted by atomic mass is 16.5. The van der Waals surface area contributed by atoms with Gasteiger partial charge in [0, 0.05) is 19.2 Å². The third kappa shape index (κ3) is 7.38. The lowest BCUT2D eigenvalue weighted by Crippen LogP contribution is -2.36. The Morgan fingerprint density at radius 1 is 0.947 bits per heavy atom. The normalized spacial score (nSPS) is 16.0. The molecule has 4 rings (SSSR count). The number of amides is 1. The van der Waals surface area contributed by atoms with Crippen molar-refractivity contribution in [1.29, 1.82) is 0 Å². The second kappa shape index (κ2) is 13.5. The van der Waals surface area contributed by atoms with Crippen molar-refractivity contribution in [3.8, 4) is 11.5 Å². The second-order valence-electron chi connectivity index (χ2n) is 10.7. The van der Waals surface area contributed by atoms with Gasteiger partial charge in [-0.1, -0.05) is 68.4 Å². The SMILES string of the molecule is COc1ccc(C(=O)NCc2cccc(C3CCN(CC(C)CC(C)c4ccccc4)CC3)c2)c(OC)c1. The quantitative estimate of drug-likeness (QED) is 0.312. The van der Waals surface area contributed by atoms with E-state index in [4.69, 9.17) is 9.47 Å². The largest absolute Gasteiger partial charge is 0.497 e. The van der Waals surface area contributed by atoms with E-state index >= 15 is 0 Å². The fourth-order valence-corrected chi connectivity index (χ4v) is 5.71. The van der Waals surface area contributed by atoms with Gasteiger partial charge in [-0.15, -0.1) is 0 Å². The molecule has 5 nitrogen and oxygen atoms in total. The van der Waals surface area contributed by atoms with Crippen LogP contribution in [0, 0.1) is 5.92 Å². The van der Waals surface area contributed by atoms with Crippen molar-refractivity contribution in [3.63, 3.8) is 0 Å². The number of methoxy groups -OCH3 is 2. The summed E-state index contributed by atoms with van der Waals surface area (Å²) in [5, 5.41) is 3.05. The minimum atomic E-state index is -0.154. The van der Waals surface area contributed by atoms with Gasteiger partial charge in [-0.05, 0) is 78.9 Å². The summed E-state index contributed by atoms with van der Waals surface area (Å²) >= 11 is 0. The highest BCUT2D eigenvalue weighted by Crippen LogP contribution is 2.30. The van der Waals surface area contributed by atoms with E-state index < -0.39 is 0 Å². The molecule has 1 amide bonds. The zero-order valence-electron chi connectivity index (χ0n) is 23.3. The fraction of sp³-hybridized carbons (Fsp3) is 0.424. The summed E-state index contributed by atoms with van der Waals surface area (Å²) in [6.07, 6.45) is 3.58. The minimum absolute atomic E-state index is 0.154. The maximum absolute atomic E-state index is 12.8. The summed E-state index contributed by atoms with van der Waals surface area (Å²) in [6, 6.07) is 24.8. The van der Waals surface area contributed by atoms with Gasteiger partial charge in [0.15, 0.2) is 0 Å². The first-order chi connectivity index (χ1) is 18.5. The van der Waals surface area contributed by atoms with Crippen molar-refractivity contribution in [2.75, 3.05) is 33.9 Å². The molecule has 1 heterocycles. The summed E-state index contributed by atoms with van der Waals surface area (Å²) in [7, 11) is 3.16. The zero-order chi connectivity index (χ0) is 26.9. The van der Waals surface area contributed by atoms with Crippen LogP contribution in [0.2, 0.25) is 0 Å². The molecule has 1 aliphatic heterocycles. The number of ether oxygens (including phenoxy) is 2. The van der Waals surface area contributed by atoms with Gasteiger partial charge in [0.1, 0.15) is 11.5 Å². The van der Waals surface area contributed by atoms with Crippen molar-refractivity contribution >= 4 is 5.91 Å². The molecule has 1 aliphatic rings. The Hall–Kier alpha value is -3.31. The Balaban J connectivity index is 1.26. The van der Waals surface area contributed by atoms with E-state index in [2.05, 4.69) is 78.7 Å². The summed E-state index contributed by atoms with van der Waals surface area (Å²) in [5.74, 6) is 2.86. The number of nitrogens with zero attached hydrogens (tertiary/aromatic N) is 1. The molecule has 38 heavy (non-hydrogen) atoms. The minimum Gasteiger partial charge on any atom is -0.497 e. The third-order valence-corrected chi connectivity index (χ3v) is 7.81. The van der Waals surface area contributed by atoms with Crippen LogP contribution >= 0.6 is 0 Å². The Bertz CT molecular complexity index is 1170. The first kappa shape index (κ1) is 27.7. The maximum atomic E-state index is 12.8. The average molecular weight is 515 g/mol. The van der Waals surface area contributed by atoms with Gasteiger partial charge in [0.05, 0.1) is 19.8 Å². The molecule has 1 fully saturated rings. The molecule has 202 valence electrons. The van der Waals surface area contributed by atoms with E-state index in [0.29, 0.717) is 41.4 Å². The molecular weight excluding hydrogens is 472 g/mol. The molecule has 1 N–H and O–H groups in total. The molecule has 0 saturated carbocycles. The number of piperidine rings is 1. The molecule has 5 heteroatoms. The van der Waals surface area contributed by atoms with Gasteiger partial charge in [-0.25, -0.2) is 0 Å². The van der Waals surface area contributed by atoms with Crippen LogP contribution in [0.15, 0.2) is 72.8 Å². The molecular formula is C33H42N2O3. The number of carbonyl (C=O) groups is 1. The smallest absolute Gasteiger partial charge is 0.255 e. The molecule has 3 aromatic rings. The van der Waals surface area contributed by atoms with Crippen LogP contribution in [0.5, 0.6) is 11.5 Å². The number of carbonyl (C=O) groups excluding carboxylic acids is 1. The van der Waals surface area contributed by atoms with Crippen LogP contribution in [0.4, 0.5) is 0 Å². The number of hydrogen-bond acceptors (Lipinski definition) is 4. The van der Waals surface area contributed by atoms with Gasteiger partial charge in [-0.2, -0.15) is 0 Å². The predicted octanol–water partition coefficient (Wildman–Crippen LogP) is 6.64. The molecule has 2 unspecified atom stereocenters. The summed E-state index contributed by atoms with van der Waals surface area (Å²) in [5.41, 5.74) is 4.44. The van der Waals surface area contributed by atoms with Crippen molar-refractivity contribution in [1.82, 2.24) is 10.2 Å². The van der Waals surface area contributed by atoms with Crippen LogP contribution in [-0.4, -0.2) is 44.7 Å². The predicted molar refractivity (Wildman–Crippen MR) is 154 cm³/mol. The first-order valence-electron chi connectivity index (χ1n) is 13.8. The number of rotatable bonds is 11. The van der Waals surface area contributed by atoms with Gasteiger partial charge < -0.3 is 19.7 Å². The second-order valence-corrected chi connectivity index (χ2v) is 10.7.